The van der Waals surface area contributed by atoms with Gasteiger partial charge in [0.25, 0.3) is 5.91 Å². The SMILES string of the molecule is Cc1cccnc1NC(=O)COC(=O)c1ccccc1Cl. The van der Waals surface area contributed by atoms with E-state index < -0.39 is 18.5 Å². The molecular weight excluding hydrogens is 292 g/mol. The van der Waals surface area contributed by atoms with Crippen molar-refractivity contribution in [3.8, 4) is 0 Å². The molecule has 0 saturated carbocycles. The van der Waals surface area contributed by atoms with Crippen molar-refractivity contribution in [2.75, 3.05) is 11.9 Å². The summed E-state index contributed by atoms with van der Waals surface area (Å²) in [5.41, 5.74) is 1.05. The van der Waals surface area contributed by atoms with Gasteiger partial charge in [0.2, 0.25) is 0 Å². The molecule has 0 fully saturated rings. The Kier molecular flexibility index (Phi) is 4.90. The first kappa shape index (κ1) is 15.0. The third kappa shape index (κ3) is 4.03. The molecule has 1 aromatic carbocycles. The van der Waals surface area contributed by atoms with E-state index in [-0.39, 0.29) is 10.6 Å². The van der Waals surface area contributed by atoms with E-state index in [0.717, 1.165) is 5.56 Å². The van der Waals surface area contributed by atoms with Crippen molar-refractivity contribution < 1.29 is 14.3 Å². The molecule has 108 valence electrons. The topological polar surface area (TPSA) is 68.3 Å². The average Bonchev–Trinajstić information content (AvgIpc) is 2.48. The average molecular weight is 305 g/mol. The number of benzene rings is 1. The Bertz CT molecular complexity index is 673. The van der Waals surface area contributed by atoms with E-state index in [0.29, 0.717) is 5.82 Å². The van der Waals surface area contributed by atoms with Crippen LogP contribution in [0.2, 0.25) is 5.02 Å². The largest absolute Gasteiger partial charge is 0.452 e. The summed E-state index contributed by atoms with van der Waals surface area (Å²) in [4.78, 5) is 27.5. The second-order valence-corrected chi connectivity index (χ2v) is 4.68. The van der Waals surface area contributed by atoms with Crippen molar-refractivity contribution in [2.45, 2.75) is 6.92 Å². The first-order valence-electron chi connectivity index (χ1n) is 6.21. The van der Waals surface area contributed by atoms with Gasteiger partial charge in [-0.05, 0) is 30.7 Å². The number of ether oxygens (including phenoxy) is 1. The summed E-state index contributed by atoms with van der Waals surface area (Å²) in [7, 11) is 0. The molecule has 1 aromatic heterocycles. The van der Waals surface area contributed by atoms with Gasteiger partial charge >= 0.3 is 5.97 Å². The summed E-state index contributed by atoms with van der Waals surface area (Å²) in [6.45, 7) is 1.42. The molecule has 0 unspecified atom stereocenters. The summed E-state index contributed by atoms with van der Waals surface area (Å²) >= 11 is 5.87. The number of aromatic nitrogens is 1. The van der Waals surface area contributed by atoms with E-state index in [4.69, 9.17) is 16.3 Å². The maximum Gasteiger partial charge on any atom is 0.340 e. The molecule has 0 aliphatic rings. The summed E-state index contributed by atoms with van der Waals surface area (Å²) in [6, 6.07) is 10.1. The van der Waals surface area contributed by atoms with Gasteiger partial charge in [0.1, 0.15) is 5.82 Å². The molecule has 0 saturated heterocycles. The second kappa shape index (κ2) is 6.85. The lowest BCUT2D eigenvalue weighted by molar-refractivity contribution is -0.119. The molecule has 0 bridgehead atoms. The number of halogens is 1. The van der Waals surface area contributed by atoms with Gasteiger partial charge in [-0.25, -0.2) is 9.78 Å². The third-order valence-electron chi connectivity index (χ3n) is 2.70. The predicted octanol–water partition coefficient (Wildman–Crippen LogP) is 2.84. The van der Waals surface area contributed by atoms with Crippen LogP contribution in [0.3, 0.4) is 0 Å². The van der Waals surface area contributed by atoms with Gasteiger partial charge in [-0.15, -0.1) is 0 Å². The molecule has 2 aromatic rings. The van der Waals surface area contributed by atoms with Crippen molar-refractivity contribution in [1.82, 2.24) is 4.98 Å². The van der Waals surface area contributed by atoms with Gasteiger partial charge < -0.3 is 10.1 Å². The lowest BCUT2D eigenvalue weighted by Gasteiger charge is -2.08. The number of esters is 1. The molecular formula is C15H13ClN2O3. The molecule has 1 amide bonds. The summed E-state index contributed by atoms with van der Waals surface area (Å²) in [5.74, 6) is -0.665. The van der Waals surface area contributed by atoms with Gasteiger partial charge in [-0.1, -0.05) is 29.8 Å². The second-order valence-electron chi connectivity index (χ2n) is 4.27. The zero-order valence-corrected chi connectivity index (χ0v) is 12.1. The first-order chi connectivity index (χ1) is 10.1. The number of pyridine rings is 1. The van der Waals surface area contributed by atoms with E-state index >= 15 is 0 Å². The lowest BCUT2D eigenvalue weighted by Crippen LogP contribution is -2.22. The number of rotatable bonds is 4. The van der Waals surface area contributed by atoms with Gasteiger partial charge in [0.15, 0.2) is 6.61 Å². The van der Waals surface area contributed by atoms with Gasteiger partial charge in [-0.3, -0.25) is 4.79 Å². The molecule has 0 aliphatic heterocycles. The zero-order chi connectivity index (χ0) is 15.2. The lowest BCUT2D eigenvalue weighted by atomic mass is 10.2. The number of aryl methyl sites for hydroxylation is 1. The first-order valence-corrected chi connectivity index (χ1v) is 6.59. The highest BCUT2D eigenvalue weighted by atomic mass is 35.5. The predicted molar refractivity (Wildman–Crippen MR) is 79.3 cm³/mol. The molecule has 0 radical (unpaired) electrons. The third-order valence-corrected chi connectivity index (χ3v) is 3.02. The molecule has 6 heteroatoms. The minimum Gasteiger partial charge on any atom is -0.452 e. The highest BCUT2D eigenvalue weighted by Gasteiger charge is 2.13. The van der Waals surface area contributed by atoms with Gasteiger partial charge in [0.05, 0.1) is 10.6 Å². The Morgan fingerprint density at radius 1 is 1.24 bits per heavy atom. The minimum absolute atomic E-state index is 0.223. The Labute approximate surface area is 126 Å². The van der Waals surface area contributed by atoms with Gasteiger partial charge in [-0.2, -0.15) is 0 Å². The van der Waals surface area contributed by atoms with E-state index in [2.05, 4.69) is 10.3 Å². The van der Waals surface area contributed by atoms with Crippen LogP contribution in [-0.4, -0.2) is 23.5 Å². The monoisotopic (exact) mass is 304 g/mol. The maximum absolute atomic E-state index is 11.8. The number of carbonyl (C=O) groups excluding carboxylic acids is 2. The molecule has 0 atom stereocenters. The summed E-state index contributed by atoms with van der Waals surface area (Å²) in [6.07, 6.45) is 1.57. The summed E-state index contributed by atoms with van der Waals surface area (Å²) < 4.78 is 4.92. The Balaban J connectivity index is 1.91. The normalized spacial score (nSPS) is 10.0. The van der Waals surface area contributed by atoms with E-state index in [9.17, 15) is 9.59 Å². The summed E-state index contributed by atoms with van der Waals surface area (Å²) in [5, 5.41) is 2.85. The molecule has 0 aliphatic carbocycles. The van der Waals surface area contributed by atoms with Crippen LogP contribution in [0.1, 0.15) is 15.9 Å². The van der Waals surface area contributed by atoms with E-state index in [1.165, 1.54) is 6.07 Å². The number of hydrogen-bond donors (Lipinski definition) is 1. The standard InChI is InChI=1S/C15H13ClN2O3/c1-10-5-4-8-17-14(10)18-13(19)9-21-15(20)11-6-2-3-7-12(11)16/h2-8H,9H2,1H3,(H,17,18,19). The van der Waals surface area contributed by atoms with Crippen LogP contribution >= 0.6 is 11.6 Å². The van der Waals surface area contributed by atoms with Crippen LogP contribution in [0.15, 0.2) is 42.6 Å². The quantitative estimate of drug-likeness (QED) is 0.882. The Morgan fingerprint density at radius 3 is 2.71 bits per heavy atom. The van der Waals surface area contributed by atoms with E-state index in [1.54, 1.807) is 30.5 Å². The van der Waals surface area contributed by atoms with Crippen molar-refractivity contribution >= 4 is 29.3 Å². The number of nitrogens with one attached hydrogen (secondary N) is 1. The van der Waals surface area contributed by atoms with Crippen LogP contribution in [0.25, 0.3) is 0 Å². The smallest absolute Gasteiger partial charge is 0.340 e. The van der Waals surface area contributed by atoms with Crippen LogP contribution < -0.4 is 5.32 Å². The maximum atomic E-state index is 11.8. The van der Waals surface area contributed by atoms with Crippen LogP contribution in [0.4, 0.5) is 5.82 Å². The molecule has 21 heavy (non-hydrogen) atoms. The fourth-order valence-electron chi connectivity index (χ4n) is 1.62. The highest BCUT2D eigenvalue weighted by Crippen LogP contribution is 2.16. The molecule has 2 rings (SSSR count). The van der Waals surface area contributed by atoms with Crippen molar-refractivity contribution in [2.24, 2.45) is 0 Å². The van der Waals surface area contributed by atoms with Crippen molar-refractivity contribution in [1.29, 1.82) is 0 Å². The molecule has 5 nitrogen and oxygen atoms in total. The molecule has 1 N–H and O–H groups in total. The fourth-order valence-corrected chi connectivity index (χ4v) is 1.83. The Morgan fingerprint density at radius 2 is 2.00 bits per heavy atom. The number of nitrogens with zero attached hydrogens (tertiary/aromatic N) is 1. The molecule has 1 heterocycles. The van der Waals surface area contributed by atoms with Crippen LogP contribution in [-0.2, 0) is 9.53 Å². The van der Waals surface area contributed by atoms with E-state index in [1.807, 2.05) is 13.0 Å². The van der Waals surface area contributed by atoms with Crippen LogP contribution in [0, 0.1) is 6.92 Å². The number of hydrogen-bond acceptors (Lipinski definition) is 4. The van der Waals surface area contributed by atoms with Gasteiger partial charge in [0, 0.05) is 6.20 Å². The zero-order valence-electron chi connectivity index (χ0n) is 11.3. The minimum atomic E-state index is -0.645. The number of carbonyl (C=O) groups is 2. The van der Waals surface area contributed by atoms with Crippen LogP contribution in [0.5, 0.6) is 0 Å². The fraction of sp³-hybridized carbons (Fsp3) is 0.133. The van der Waals surface area contributed by atoms with Crippen molar-refractivity contribution in [3.05, 3.63) is 58.7 Å². The van der Waals surface area contributed by atoms with Crippen molar-refractivity contribution in [3.63, 3.8) is 0 Å². The highest BCUT2D eigenvalue weighted by molar-refractivity contribution is 6.33. The number of amides is 1. The number of anilines is 1. The molecule has 0 spiro atoms. The Hall–Kier alpha value is -2.40.